The summed E-state index contributed by atoms with van der Waals surface area (Å²) in [7, 11) is 1.97. The molecule has 0 radical (unpaired) electrons. The molecular formula is C11H19BrN2. The molecule has 0 aliphatic carbocycles. The van der Waals surface area contributed by atoms with Crippen molar-refractivity contribution in [2.45, 2.75) is 33.1 Å². The van der Waals surface area contributed by atoms with Crippen molar-refractivity contribution in [3.05, 3.63) is 18.0 Å². The molecular weight excluding hydrogens is 240 g/mol. The zero-order valence-electron chi connectivity index (χ0n) is 9.26. The van der Waals surface area contributed by atoms with Gasteiger partial charge in [-0.2, -0.15) is 5.10 Å². The molecule has 3 heteroatoms. The first-order valence-corrected chi connectivity index (χ1v) is 6.32. The van der Waals surface area contributed by atoms with E-state index in [9.17, 15) is 0 Å². The van der Waals surface area contributed by atoms with Crippen molar-refractivity contribution in [2.75, 3.05) is 5.33 Å². The van der Waals surface area contributed by atoms with Crippen molar-refractivity contribution in [1.29, 1.82) is 0 Å². The second-order valence-corrected chi connectivity index (χ2v) is 4.56. The SMILES string of the molecule is CCC(CC)(CBr)Cc1ccn(C)n1. The molecule has 80 valence electrons. The van der Waals surface area contributed by atoms with E-state index >= 15 is 0 Å². The molecule has 1 aromatic heterocycles. The summed E-state index contributed by atoms with van der Waals surface area (Å²) in [6, 6.07) is 2.11. The first-order valence-electron chi connectivity index (χ1n) is 5.20. The van der Waals surface area contributed by atoms with Gasteiger partial charge in [0.05, 0.1) is 5.69 Å². The van der Waals surface area contributed by atoms with E-state index in [1.807, 2.05) is 17.9 Å². The standard InChI is InChI=1S/C11H19BrN2/c1-4-11(5-2,9-12)8-10-6-7-14(3)13-10/h6-7H,4-5,8-9H2,1-3H3. The Morgan fingerprint density at radius 1 is 1.43 bits per heavy atom. The number of aromatic nitrogens is 2. The molecule has 1 aromatic rings. The van der Waals surface area contributed by atoms with Crippen LogP contribution in [0.2, 0.25) is 0 Å². The van der Waals surface area contributed by atoms with Gasteiger partial charge in [0.25, 0.3) is 0 Å². The van der Waals surface area contributed by atoms with E-state index in [0.717, 1.165) is 11.8 Å². The van der Waals surface area contributed by atoms with Gasteiger partial charge in [-0.15, -0.1) is 0 Å². The Labute approximate surface area is 94.8 Å². The van der Waals surface area contributed by atoms with Gasteiger partial charge in [0.15, 0.2) is 0 Å². The molecule has 0 aliphatic rings. The van der Waals surface area contributed by atoms with Gasteiger partial charge in [-0.05, 0) is 30.7 Å². The van der Waals surface area contributed by atoms with Crippen LogP contribution in [0.3, 0.4) is 0 Å². The Kier molecular flexibility index (Phi) is 4.17. The maximum Gasteiger partial charge on any atom is 0.0630 e. The highest BCUT2D eigenvalue weighted by Gasteiger charge is 2.25. The number of aryl methyl sites for hydroxylation is 1. The largest absolute Gasteiger partial charge is 0.276 e. The van der Waals surface area contributed by atoms with Gasteiger partial charge in [0.2, 0.25) is 0 Å². The van der Waals surface area contributed by atoms with E-state index in [1.54, 1.807) is 0 Å². The maximum absolute atomic E-state index is 4.44. The van der Waals surface area contributed by atoms with E-state index < -0.39 is 0 Å². The van der Waals surface area contributed by atoms with Crippen molar-refractivity contribution in [3.63, 3.8) is 0 Å². The molecule has 0 unspecified atom stereocenters. The number of hydrogen-bond acceptors (Lipinski definition) is 1. The Bertz CT molecular complexity index is 268. The highest BCUT2D eigenvalue weighted by Crippen LogP contribution is 2.32. The van der Waals surface area contributed by atoms with Crippen molar-refractivity contribution in [1.82, 2.24) is 9.78 Å². The minimum absolute atomic E-state index is 0.383. The van der Waals surface area contributed by atoms with E-state index in [2.05, 4.69) is 40.9 Å². The number of halogens is 1. The van der Waals surface area contributed by atoms with Crippen LogP contribution in [0.4, 0.5) is 0 Å². The van der Waals surface area contributed by atoms with Gasteiger partial charge >= 0.3 is 0 Å². The highest BCUT2D eigenvalue weighted by atomic mass is 79.9. The molecule has 0 saturated carbocycles. The third-order valence-electron chi connectivity index (χ3n) is 3.11. The summed E-state index contributed by atoms with van der Waals surface area (Å²) in [6.45, 7) is 4.52. The fourth-order valence-electron chi connectivity index (χ4n) is 1.68. The second-order valence-electron chi connectivity index (χ2n) is 4.00. The first kappa shape index (κ1) is 11.8. The van der Waals surface area contributed by atoms with Gasteiger partial charge in [0.1, 0.15) is 0 Å². The predicted octanol–water partition coefficient (Wildman–Crippen LogP) is 3.16. The summed E-state index contributed by atoms with van der Waals surface area (Å²) in [4.78, 5) is 0. The molecule has 0 saturated heterocycles. The van der Waals surface area contributed by atoms with E-state index in [-0.39, 0.29) is 0 Å². The summed E-state index contributed by atoms with van der Waals surface area (Å²) in [5.74, 6) is 0. The molecule has 0 N–H and O–H groups in total. The average molecular weight is 259 g/mol. The maximum atomic E-state index is 4.44. The number of alkyl halides is 1. The Morgan fingerprint density at radius 2 is 2.07 bits per heavy atom. The molecule has 0 fully saturated rings. The molecule has 2 nitrogen and oxygen atoms in total. The van der Waals surface area contributed by atoms with Gasteiger partial charge in [-0.25, -0.2) is 0 Å². The van der Waals surface area contributed by atoms with Crippen LogP contribution in [0.1, 0.15) is 32.4 Å². The van der Waals surface area contributed by atoms with Crippen LogP contribution in [0.15, 0.2) is 12.3 Å². The predicted molar refractivity (Wildman–Crippen MR) is 63.7 cm³/mol. The lowest BCUT2D eigenvalue weighted by molar-refractivity contribution is 0.303. The molecule has 0 amide bonds. The summed E-state index contributed by atoms with van der Waals surface area (Å²) >= 11 is 3.62. The molecule has 0 aliphatic heterocycles. The van der Waals surface area contributed by atoms with Crippen molar-refractivity contribution < 1.29 is 0 Å². The third-order valence-corrected chi connectivity index (χ3v) is 4.30. The van der Waals surface area contributed by atoms with Gasteiger partial charge in [-0.1, -0.05) is 29.8 Å². The molecule has 14 heavy (non-hydrogen) atoms. The van der Waals surface area contributed by atoms with Crippen LogP contribution in [0.5, 0.6) is 0 Å². The van der Waals surface area contributed by atoms with Crippen LogP contribution in [0.25, 0.3) is 0 Å². The Morgan fingerprint density at radius 3 is 2.43 bits per heavy atom. The summed E-state index contributed by atoms with van der Waals surface area (Å²) in [5.41, 5.74) is 1.59. The molecule has 0 aromatic carbocycles. The zero-order chi connectivity index (χ0) is 10.6. The van der Waals surface area contributed by atoms with E-state index in [1.165, 1.54) is 18.5 Å². The Balaban J connectivity index is 2.73. The van der Waals surface area contributed by atoms with E-state index in [4.69, 9.17) is 0 Å². The third kappa shape index (κ3) is 2.59. The van der Waals surface area contributed by atoms with Gasteiger partial charge in [0, 0.05) is 18.6 Å². The fraction of sp³-hybridized carbons (Fsp3) is 0.727. The summed E-state index contributed by atoms with van der Waals surface area (Å²) in [6.07, 6.45) is 5.49. The van der Waals surface area contributed by atoms with Crippen LogP contribution >= 0.6 is 15.9 Å². The van der Waals surface area contributed by atoms with Crippen molar-refractivity contribution in [2.24, 2.45) is 12.5 Å². The lowest BCUT2D eigenvalue weighted by Gasteiger charge is -2.28. The smallest absolute Gasteiger partial charge is 0.0630 e. The number of hydrogen-bond donors (Lipinski definition) is 0. The average Bonchev–Trinajstić information content (AvgIpc) is 2.61. The lowest BCUT2D eigenvalue weighted by Crippen LogP contribution is -2.24. The first-order chi connectivity index (χ1) is 6.65. The van der Waals surface area contributed by atoms with E-state index in [0.29, 0.717) is 5.41 Å². The number of rotatable bonds is 5. The highest BCUT2D eigenvalue weighted by molar-refractivity contribution is 9.09. The summed E-state index contributed by atoms with van der Waals surface area (Å²) in [5, 5.41) is 5.49. The van der Waals surface area contributed by atoms with Crippen molar-refractivity contribution in [3.8, 4) is 0 Å². The fourth-order valence-corrected chi connectivity index (χ4v) is 2.67. The number of nitrogens with zero attached hydrogens (tertiary/aromatic N) is 2. The van der Waals surface area contributed by atoms with Gasteiger partial charge in [-0.3, -0.25) is 4.68 Å². The van der Waals surface area contributed by atoms with Gasteiger partial charge < -0.3 is 0 Å². The minimum atomic E-state index is 0.383. The van der Waals surface area contributed by atoms with Crippen molar-refractivity contribution >= 4 is 15.9 Å². The van der Waals surface area contributed by atoms with Crippen LogP contribution < -0.4 is 0 Å². The molecule has 0 bridgehead atoms. The molecule has 0 spiro atoms. The molecule has 1 rings (SSSR count). The Hall–Kier alpha value is -0.310. The lowest BCUT2D eigenvalue weighted by atomic mass is 9.80. The van der Waals surface area contributed by atoms with Crippen LogP contribution in [-0.2, 0) is 13.5 Å². The second kappa shape index (κ2) is 4.96. The quantitative estimate of drug-likeness (QED) is 0.743. The van der Waals surface area contributed by atoms with Crippen LogP contribution in [-0.4, -0.2) is 15.1 Å². The normalized spacial score (nSPS) is 12.0. The molecule has 0 atom stereocenters. The zero-order valence-corrected chi connectivity index (χ0v) is 10.8. The minimum Gasteiger partial charge on any atom is -0.276 e. The molecule has 1 heterocycles. The van der Waals surface area contributed by atoms with Crippen LogP contribution in [0, 0.1) is 5.41 Å². The monoisotopic (exact) mass is 258 g/mol. The topological polar surface area (TPSA) is 17.8 Å². The summed E-state index contributed by atoms with van der Waals surface area (Å²) < 4.78 is 1.87.